The summed E-state index contributed by atoms with van der Waals surface area (Å²) in [4.78, 5) is 28.3. The third-order valence-corrected chi connectivity index (χ3v) is 4.92. The standard InChI is InChI=1S/C16H19ClFN3O2/c1-20-14(22)9-11(16(23)21-6-4-19-5-7-21)15(20)10-2-3-12(17)13(18)8-10/h2-3,8,11,15,19H,4-7,9H2,1H3/t11-,15+/m1/s1. The molecule has 0 radical (unpaired) electrons. The third-order valence-electron chi connectivity index (χ3n) is 4.62. The highest BCUT2D eigenvalue weighted by molar-refractivity contribution is 6.30. The van der Waals surface area contributed by atoms with Crippen LogP contribution in [0.2, 0.25) is 5.02 Å². The van der Waals surface area contributed by atoms with Crippen LogP contribution in [0, 0.1) is 11.7 Å². The zero-order chi connectivity index (χ0) is 16.6. The van der Waals surface area contributed by atoms with E-state index in [1.807, 2.05) is 0 Å². The zero-order valence-corrected chi connectivity index (χ0v) is 13.6. The monoisotopic (exact) mass is 339 g/mol. The molecule has 0 spiro atoms. The van der Waals surface area contributed by atoms with Crippen molar-refractivity contribution in [2.45, 2.75) is 12.5 Å². The third kappa shape index (κ3) is 3.05. The van der Waals surface area contributed by atoms with Crippen LogP contribution < -0.4 is 5.32 Å². The molecular formula is C16H19ClFN3O2. The van der Waals surface area contributed by atoms with Gasteiger partial charge in [-0.2, -0.15) is 0 Å². The van der Waals surface area contributed by atoms with Crippen LogP contribution in [-0.2, 0) is 9.59 Å². The van der Waals surface area contributed by atoms with E-state index in [-0.39, 0.29) is 23.3 Å². The molecule has 1 N–H and O–H groups in total. The SMILES string of the molecule is CN1C(=O)C[C@@H](C(=O)N2CCNCC2)[C@@H]1c1ccc(Cl)c(F)c1. The largest absolute Gasteiger partial charge is 0.340 e. The van der Waals surface area contributed by atoms with Crippen LogP contribution in [0.1, 0.15) is 18.0 Å². The number of amides is 2. The van der Waals surface area contributed by atoms with Gasteiger partial charge in [0.25, 0.3) is 0 Å². The molecular weight excluding hydrogens is 321 g/mol. The summed E-state index contributed by atoms with van der Waals surface area (Å²) in [6.45, 7) is 2.77. The molecule has 0 aliphatic carbocycles. The number of hydrogen-bond acceptors (Lipinski definition) is 3. The van der Waals surface area contributed by atoms with Gasteiger partial charge in [-0.1, -0.05) is 17.7 Å². The molecule has 5 nitrogen and oxygen atoms in total. The Morgan fingerprint density at radius 2 is 2.04 bits per heavy atom. The van der Waals surface area contributed by atoms with Gasteiger partial charge in [0, 0.05) is 39.6 Å². The summed E-state index contributed by atoms with van der Waals surface area (Å²) in [5.74, 6) is -1.15. The van der Waals surface area contributed by atoms with E-state index < -0.39 is 17.8 Å². The first-order valence-electron chi connectivity index (χ1n) is 7.69. The van der Waals surface area contributed by atoms with E-state index in [0.717, 1.165) is 13.1 Å². The van der Waals surface area contributed by atoms with Gasteiger partial charge < -0.3 is 15.1 Å². The van der Waals surface area contributed by atoms with E-state index in [1.54, 1.807) is 18.0 Å². The molecule has 1 aromatic carbocycles. The van der Waals surface area contributed by atoms with Crippen LogP contribution >= 0.6 is 11.6 Å². The van der Waals surface area contributed by atoms with Crippen LogP contribution in [0.25, 0.3) is 0 Å². The number of carbonyl (C=O) groups excluding carboxylic acids is 2. The lowest BCUT2D eigenvalue weighted by Crippen LogP contribution is -2.49. The lowest BCUT2D eigenvalue weighted by Gasteiger charge is -2.32. The highest BCUT2D eigenvalue weighted by atomic mass is 35.5. The molecule has 124 valence electrons. The number of nitrogens with zero attached hydrogens (tertiary/aromatic N) is 2. The molecule has 2 heterocycles. The fraction of sp³-hybridized carbons (Fsp3) is 0.500. The average molecular weight is 340 g/mol. The highest BCUT2D eigenvalue weighted by Crippen LogP contribution is 2.39. The van der Waals surface area contributed by atoms with Gasteiger partial charge in [0.05, 0.1) is 17.0 Å². The second-order valence-corrected chi connectivity index (χ2v) is 6.42. The summed E-state index contributed by atoms with van der Waals surface area (Å²) >= 11 is 5.74. The fourth-order valence-electron chi connectivity index (χ4n) is 3.36. The molecule has 0 aromatic heterocycles. The topological polar surface area (TPSA) is 52.7 Å². The van der Waals surface area contributed by atoms with Gasteiger partial charge in [0.2, 0.25) is 11.8 Å². The van der Waals surface area contributed by atoms with Gasteiger partial charge in [-0.25, -0.2) is 4.39 Å². The van der Waals surface area contributed by atoms with Crippen molar-refractivity contribution in [3.63, 3.8) is 0 Å². The van der Waals surface area contributed by atoms with E-state index in [1.165, 1.54) is 17.0 Å². The summed E-state index contributed by atoms with van der Waals surface area (Å²) in [6.07, 6.45) is 0.161. The number of carbonyl (C=O) groups is 2. The van der Waals surface area contributed by atoms with Gasteiger partial charge in [-0.15, -0.1) is 0 Å². The number of likely N-dealkylation sites (tertiary alicyclic amines) is 1. The molecule has 1 aromatic rings. The smallest absolute Gasteiger partial charge is 0.228 e. The minimum absolute atomic E-state index is 0.0331. The Morgan fingerprint density at radius 1 is 1.35 bits per heavy atom. The van der Waals surface area contributed by atoms with Gasteiger partial charge in [0.15, 0.2) is 0 Å². The summed E-state index contributed by atoms with van der Waals surface area (Å²) in [5.41, 5.74) is 0.605. The Morgan fingerprint density at radius 3 is 2.70 bits per heavy atom. The summed E-state index contributed by atoms with van der Waals surface area (Å²) in [5, 5.41) is 3.23. The molecule has 2 fully saturated rings. The first kappa shape index (κ1) is 16.2. The van der Waals surface area contributed by atoms with Gasteiger partial charge in [-0.05, 0) is 17.7 Å². The predicted molar refractivity (Wildman–Crippen MR) is 84.5 cm³/mol. The quantitative estimate of drug-likeness (QED) is 0.887. The molecule has 0 bridgehead atoms. The Kier molecular flexibility index (Phi) is 4.55. The minimum Gasteiger partial charge on any atom is -0.340 e. The lowest BCUT2D eigenvalue weighted by molar-refractivity contribution is -0.137. The number of nitrogens with one attached hydrogen (secondary N) is 1. The van der Waals surface area contributed by atoms with Crippen molar-refractivity contribution < 1.29 is 14.0 Å². The van der Waals surface area contributed by atoms with Crippen molar-refractivity contribution >= 4 is 23.4 Å². The Bertz CT molecular complexity index is 634. The Balaban J connectivity index is 1.89. The van der Waals surface area contributed by atoms with Gasteiger partial charge in [-0.3, -0.25) is 9.59 Å². The summed E-state index contributed by atoms with van der Waals surface area (Å²) in [6, 6.07) is 4.02. The number of hydrogen-bond donors (Lipinski definition) is 1. The molecule has 2 aliphatic rings. The second kappa shape index (κ2) is 6.45. The van der Waals surface area contributed by atoms with E-state index >= 15 is 0 Å². The maximum Gasteiger partial charge on any atom is 0.228 e. The van der Waals surface area contributed by atoms with Crippen molar-refractivity contribution in [2.24, 2.45) is 5.92 Å². The molecule has 23 heavy (non-hydrogen) atoms. The fourth-order valence-corrected chi connectivity index (χ4v) is 3.48. The molecule has 3 rings (SSSR count). The first-order valence-corrected chi connectivity index (χ1v) is 8.07. The van der Waals surface area contributed by atoms with Crippen LogP contribution in [-0.4, -0.2) is 54.8 Å². The number of rotatable bonds is 2. The van der Waals surface area contributed by atoms with E-state index in [0.29, 0.717) is 18.7 Å². The summed E-state index contributed by atoms with van der Waals surface area (Å²) < 4.78 is 13.8. The van der Waals surface area contributed by atoms with Crippen LogP contribution in [0.3, 0.4) is 0 Å². The summed E-state index contributed by atoms with van der Waals surface area (Å²) in [7, 11) is 1.66. The predicted octanol–water partition coefficient (Wildman–Crippen LogP) is 1.43. The number of halogens is 2. The van der Waals surface area contributed by atoms with Crippen LogP contribution in [0.4, 0.5) is 4.39 Å². The lowest BCUT2D eigenvalue weighted by atomic mass is 9.92. The van der Waals surface area contributed by atoms with E-state index in [9.17, 15) is 14.0 Å². The molecule has 2 atom stereocenters. The van der Waals surface area contributed by atoms with E-state index in [2.05, 4.69) is 5.32 Å². The number of benzene rings is 1. The molecule has 2 aliphatic heterocycles. The van der Waals surface area contributed by atoms with Crippen molar-refractivity contribution in [3.05, 3.63) is 34.6 Å². The Labute approximate surface area is 139 Å². The molecule has 2 amide bonds. The maximum atomic E-state index is 13.8. The maximum absolute atomic E-state index is 13.8. The average Bonchev–Trinajstić information content (AvgIpc) is 2.86. The van der Waals surface area contributed by atoms with Gasteiger partial charge >= 0.3 is 0 Å². The van der Waals surface area contributed by atoms with Gasteiger partial charge in [0.1, 0.15) is 5.82 Å². The van der Waals surface area contributed by atoms with Crippen molar-refractivity contribution in [1.82, 2.24) is 15.1 Å². The molecule has 0 saturated carbocycles. The van der Waals surface area contributed by atoms with E-state index in [4.69, 9.17) is 11.6 Å². The van der Waals surface area contributed by atoms with Crippen molar-refractivity contribution in [2.75, 3.05) is 33.2 Å². The zero-order valence-electron chi connectivity index (χ0n) is 12.9. The first-order chi connectivity index (χ1) is 11.0. The number of piperazine rings is 1. The van der Waals surface area contributed by atoms with Crippen molar-refractivity contribution in [3.8, 4) is 0 Å². The Hall–Kier alpha value is -1.66. The van der Waals surface area contributed by atoms with Crippen LogP contribution in [0.5, 0.6) is 0 Å². The molecule has 7 heteroatoms. The normalized spacial score (nSPS) is 25.1. The second-order valence-electron chi connectivity index (χ2n) is 6.01. The molecule has 2 saturated heterocycles. The van der Waals surface area contributed by atoms with Crippen LogP contribution in [0.15, 0.2) is 18.2 Å². The minimum atomic E-state index is -0.537. The molecule has 0 unspecified atom stereocenters. The van der Waals surface area contributed by atoms with Crippen molar-refractivity contribution in [1.29, 1.82) is 0 Å². The highest BCUT2D eigenvalue weighted by Gasteiger charge is 2.44.